The normalized spacial score (nSPS) is 18.8. The number of aliphatic carboxylic acids is 1. The van der Waals surface area contributed by atoms with E-state index in [9.17, 15) is 29.5 Å². The molecule has 266 valence electrons. The highest BCUT2D eigenvalue weighted by molar-refractivity contribution is 8.00. The third-order valence-corrected chi connectivity index (χ3v) is 11.3. The molecule has 3 amide bonds. The Morgan fingerprint density at radius 1 is 0.923 bits per heavy atom. The number of ether oxygens (including phenoxy) is 1. The number of thioether (sulfide) groups is 1. The van der Waals surface area contributed by atoms with Crippen LogP contribution in [-0.4, -0.2) is 91.6 Å². The molecule has 3 aromatic carbocycles. The number of fused-ring (bicyclic) bond motifs is 1. The van der Waals surface area contributed by atoms with Crippen LogP contribution < -0.4 is 10.6 Å². The lowest BCUT2D eigenvalue weighted by Crippen LogP contribution is -2.71. The van der Waals surface area contributed by atoms with Crippen LogP contribution in [-0.2, 0) is 24.7 Å². The first kappa shape index (κ1) is 34.8. The van der Waals surface area contributed by atoms with Crippen LogP contribution in [0, 0.1) is 0 Å². The zero-order valence-corrected chi connectivity index (χ0v) is 29.3. The lowest BCUT2D eigenvalue weighted by molar-refractivity contribution is -0.150. The number of nitrogens with one attached hydrogen (secondary N) is 2. The summed E-state index contributed by atoms with van der Waals surface area (Å²) in [6.07, 6.45) is 1.24. The van der Waals surface area contributed by atoms with Gasteiger partial charge in [0.05, 0.1) is 0 Å². The van der Waals surface area contributed by atoms with Crippen molar-refractivity contribution in [1.29, 1.82) is 0 Å². The van der Waals surface area contributed by atoms with Crippen LogP contribution >= 0.6 is 23.1 Å². The number of aromatic nitrogens is 1. The predicted octanol–water partition coefficient (Wildman–Crippen LogP) is 4.70. The number of β-lactam (4-membered cyclic amide) rings is 1. The molecule has 2 saturated heterocycles. The molecule has 3 aliphatic heterocycles. The van der Waals surface area contributed by atoms with Gasteiger partial charge in [-0.15, -0.1) is 23.1 Å². The van der Waals surface area contributed by atoms with Crippen LogP contribution in [0.2, 0.25) is 0 Å². The van der Waals surface area contributed by atoms with Crippen molar-refractivity contribution < 1.29 is 34.2 Å². The van der Waals surface area contributed by atoms with Gasteiger partial charge in [-0.05, 0) is 29.5 Å². The minimum Gasteiger partial charge on any atom is -0.477 e. The fourth-order valence-electron chi connectivity index (χ4n) is 6.74. The number of hydrogen-bond donors (Lipinski definition) is 4. The summed E-state index contributed by atoms with van der Waals surface area (Å²) in [5, 5.41) is 30.8. The molecule has 0 aliphatic carbocycles. The summed E-state index contributed by atoms with van der Waals surface area (Å²) in [6, 6.07) is 28.6. The van der Waals surface area contributed by atoms with E-state index >= 15 is 0 Å². The number of likely N-dealkylation sites (tertiary alicyclic amines) is 1. The number of rotatable bonds is 11. The fraction of sp³-hybridized carbons (Fsp3) is 0.243. The molecular formula is C37H34N6O7S2. The van der Waals surface area contributed by atoms with E-state index in [1.54, 1.807) is 10.3 Å². The maximum atomic E-state index is 13.5. The number of carboxylic acids is 1. The monoisotopic (exact) mass is 738 g/mol. The number of oxime groups is 1. The van der Waals surface area contributed by atoms with Gasteiger partial charge in [0.25, 0.3) is 11.8 Å². The third-order valence-electron chi connectivity index (χ3n) is 9.25. The molecule has 2 atom stereocenters. The molecule has 4 N–H and O–H groups in total. The van der Waals surface area contributed by atoms with E-state index in [1.807, 2.05) is 91.0 Å². The number of amides is 3. The van der Waals surface area contributed by atoms with Gasteiger partial charge in [0.2, 0.25) is 0 Å². The number of hydrogen-bond acceptors (Lipinski definition) is 11. The van der Waals surface area contributed by atoms with Crippen molar-refractivity contribution in [2.75, 3.05) is 30.8 Å². The number of nitrogens with zero attached hydrogens (tertiary/aromatic N) is 4. The second-order valence-electron chi connectivity index (χ2n) is 12.3. The Labute approximate surface area is 307 Å². The van der Waals surface area contributed by atoms with Crippen molar-refractivity contribution in [3.05, 3.63) is 130 Å². The Hall–Kier alpha value is -5.67. The van der Waals surface area contributed by atoms with Gasteiger partial charge >= 0.3 is 12.1 Å². The van der Waals surface area contributed by atoms with Crippen LogP contribution in [0.3, 0.4) is 0 Å². The molecule has 3 aliphatic rings. The maximum Gasteiger partial charge on any atom is 0.410 e. The average Bonchev–Trinajstić information content (AvgIpc) is 3.89. The summed E-state index contributed by atoms with van der Waals surface area (Å²) >= 11 is 2.45. The molecule has 0 spiro atoms. The van der Waals surface area contributed by atoms with E-state index in [4.69, 9.17) is 4.74 Å². The quantitative estimate of drug-likeness (QED) is 0.0556. The molecule has 0 unspecified atom stereocenters. The molecule has 0 radical (unpaired) electrons. The van der Waals surface area contributed by atoms with E-state index in [2.05, 4.69) is 20.8 Å². The summed E-state index contributed by atoms with van der Waals surface area (Å²) in [6.45, 7) is 0.902. The SMILES string of the molecule is O=C(O)C1=C(COC(=O)N2CCCC2)CS[C@@H]2[C@H](NC(=O)/C(=N\O)c3csc(NC(c4ccccc4)(c4ccccc4)c4ccccc4)n3)C(=O)N12. The number of benzene rings is 3. The zero-order chi connectivity index (χ0) is 36.2. The second kappa shape index (κ2) is 14.9. The van der Waals surface area contributed by atoms with Gasteiger partial charge in [-0.2, -0.15) is 0 Å². The van der Waals surface area contributed by atoms with E-state index < -0.39 is 46.5 Å². The predicted molar refractivity (Wildman–Crippen MR) is 195 cm³/mol. The lowest BCUT2D eigenvalue weighted by Gasteiger charge is -2.49. The third kappa shape index (κ3) is 6.48. The van der Waals surface area contributed by atoms with Gasteiger partial charge in [0, 0.05) is 29.8 Å². The van der Waals surface area contributed by atoms with E-state index in [0.717, 1.165) is 34.4 Å². The molecule has 7 rings (SSSR count). The highest BCUT2D eigenvalue weighted by Gasteiger charge is 2.54. The van der Waals surface area contributed by atoms with Crippen LogP contribution in [0.5, 0.6) is 0 Å². The first-order valence-electron chi connectivity index (χ1n) is 16.6. The lowest BCUT2D eigenvalue weighted by atomic mass is 9.77. The van der Waals surface area contributed by atoms with Gasteiger partial charge in [-0.1, -0.05) is 96.2 Å². The Balaban J connectivity index is 1.09. The van der Waals surface area contributed by atoms with Crippen LogP contribution in [0.1, 0.15) is 35.2 Å². The van der Waals surface area contributed by atoms with Crippen molar-refractivity contribution in [2.24, 2.45) is 5.16 Å². The summed E-state index contributed by atoms with van der Waals surface area (Å²) in [4.78, 5) is 58.8. The Morgan fingerprint density at radius 2 is 1.50 bits per heavy atom. The maximum absolute atomic E-state index is 13.5. The van der Waals surface area contributed by atoms with Crippen molar-refractivity contribution >= 4 is 57.8 Å². The molecule has 1 aromatic heterocycles. The summed E-state index contributed by atoms with van der Waals surface area (Å²) in [5.41, 5.74) is 1.62. The highest BCUT2D eigenvalue weighted by Crippen LogP contribution is 2.42. The smallest absolute Gasteiger partial charge is 0.410 e. The number of carboxylic acid groups (broad SMARTS) is 1. The number of anilines is 1. The molecule has 13 nitrogen and oxygen atoms in total. The average molecular weight is 739 g/mol. The topological polar surface area (TPSA) is 174 Å². The van der Waals surface area contributed by atoms with E-state index in [0.29, 0.717) is 18.2 Å². The van der Waals surface area contributed by atoms with Gasteiger partial charge in [0.15, 0.2) is 10.8 Å². The summed E-state index contributed by atoms with van der Waals surface area (Å²) in [7, 11) is 0. The first-order chi connectivity index (χ1) is 25.3. The molecule has 0 saturated carbocycles. The second-order valence-corrected chi connectivity index (χ2v) is 14.3. The Bertz CT molecular complexity index is 1940. The molecule has 15 heteroatoms. The van der Waals surface area contributed by atoms with Crippen molar-refractivity contribution in [2.45, 2.75) is 29.8 Å². The fourth-order valence-corrected chi connectivity index (χ4v) is 8.82. The van der Waals surface area contributed by atoms with Gasteiger partial charge in [-0.3, -0.25) is 14.5 Å². The van der Waals surface area contributed by atoms with Crippen molar-refractivity contribution in [1.82, 2.24) is 20.1 Å². The van der Waals surface area contributed by atoms with Crippen molar-refractivity contribution in [3.63, 3.8) is 0 Å². The number of thiazole rings is 1. The van der Waals surface area contributed by atoms with Crippen LogP contribution in [0.25, 0.3) is 0 Å². The zero-order valence-electron chi connectivity index (χ0n) is 27.7. The molecule has 4 aromatic rings. The van der Waals surface area contributed by atoms with Crippen molar-refractivity contribution in [3.8, 4) is 0 Å². The van der Waals surface area contributed by atoms with E-state index in [1.165, 1.54) is 23.1 Å². The molecule has 4 heterocycles. The molecular weight excluding hydrogens is 705 g/mol. The van der Waals surface area contributed by atoms with Gasteiger partial charge < -0.3 is 30.6 Å². The Kier molecular flexibility index (Phi) is 9.96. The number of carbonyl (C=O) groups is 4. The highest BCUT2D eigenvalue weighted by atomic mass is 32.2. The molecule has 0 bridgehead atoms. The van der Waals surface area contributed by atoms with Gasteiger partial charge in [0.1, 0.15) is 35.0 Å². The van der Waals surface area contributed by atoms with E-state index in [-0.39, 0.29) is 29.3 Å². The minimum absolute atomic E-state index is 0.0729. The minimum atomic E-state index is -1.34. The van der Waals surface area contributed by atoms with Crippen LogP contribution in [0.4, 0.5) is 9.93 Å². The van der Waals surface area contributed by atoms with Gasteiger partial charge in [-0.25, -0.2) is 14.6 Å². The molecule has 2 fully saturated rings. The molecule has 52 heavy (non-hydrogen) atoms. The Morgan fingerprint density at radius 3 is 2.04 bits per heavy atom. The first-order valence-corrected chi connectivity index (χ1v) is 18.5. The van der Waals surface area contributed by atoms with Crippen LogP contribution in [0.15, 0.2) is 113 Å². The largest absolute Gasteiger partial charge is 0.477 e. The summed E-state index contributed by atoms with van der Waals surface area (Å²) < 4.78 is 5.37. The summed E-state index contributed by atoms with van der Waals surface area (Å²) in [5.74, 6) is -2.68. The number of carbonyl (C=O) groups excluding carboxylic acids is 3. The standard InChI is InChI=1S/C37H34N6O7S2/c44-31(39-29-32(45)43-30(34(46)47)23(21-51-33(29)43)20-50-36(48)42-18-10-11-19-42)28(41-49)27-22-52-35(38-27)40-37(24-12-4-1-5-13-24,25-14-6-2-7-15-25)26-16-8-3-9-17-26/h1-9,12-17,22,29,33,49H,10-11,18-21H2,(H,38,40)(H,39,44)(H,46,47)/b41-28-/t29-,33-/m1/s1.